The van der Waals surface area contributed by atoms with Gasteiger partial charge in [0.05, 0.1) is 4.91 Å². The first-order chi connectivity index (χ1) is 13.9. The minimum Gasteiger partial charge on any atom is -0.488 e. The van der Waals surface area contributed by atoms with Crippen LogP contribution in [0.3, 0.4) is 0 Å². The second-order valence-electron chi connectivity index (χ2n) is 6.46. The number of fused-ring (bicyclic) bond motifs is 1. The van der Waals surface area contributed by atoms with Crippen molar-refractivity contribution < 1.29 is 9.53 Å². The predicted octanol–water partition coefficient (Wildman–Crippen LogP) is 6.56. The Labute approximate surface area is 188 Å². The van der Waals surface area contributed by atoms with Crippen molar-refractivity contribution in [2.24, 2.45) is 0 Å². The van der Waals surface area contributed by atoms with E-state index in [1.807, 2.05) is 48.5 Å². The molecule has 1 aliphatic rings. The van der Waals surface area contributed by atoms with Crippen LogP contribution in [0.1, 0.15) is 11.1 Å². The van der Waals surface area contributed by atoms with Gasteiger partial charge in [-0.2, -0.15) is 0 Å². The molecule has 0 aromatic heterocycles. The summed E-state index contributed by atoms with van der Waals surface area (Å²) in [6.07, 6.45) is 1.85. The van der Waals surface area contributed by atoms with Crippen LogP contribution in [0.5, 0.6) is 5.75 Å². The topological polar surface area (TPSA) is 29.5 Å². The van der Waals surface area contributed by atoms with Crippen LogP contribution in [-0.4, -0.2) is 22.2 Å². The van der Waals surface area contributed by atoms with E-state index in [-0.39, 0.29) is 12.5 Å². The van der Waals surface area contributed by atoms with Crippen molar-refractivity contribution in [3.05, 3.63) is 80.7 Å². The summed E-state index contributed by atoms with van der Waals surface area (Å²) in [5.41, 5.74) is 1.66. The predicted molar refractivity (Wildman–Crippen MR) is 126 cm³/mol. The number of benzene rings is 3. The van der Waals surface area contributed by atoms with E-state index in [9.17, 15) is 4.79 Å². The highest BCUT2D eigenvalue weighted by molar-refractivity contribution is 8.26. The van der Waals surface area contributed by atoms with Crippen molar-refractivity contribution in [2.75, 3.05) is 7.05 Å². The van der Waals surface area contributed by atoms with Gasteiger partial charge in [0.25, 0.3) is 5.91 Å². The smallest absolute Gasteiger partial charge is 0.265 e. The molecular weight excluding hydrogens is 445 g/mol. The van der Waals surface area contributed by atoms with E-state index in [1.165, 1.54) is 16.7 Å². The molecule has 146 valence electrons. The second-order valence-corrected chi connectivity index (χ2v) is 8.98. The summed E-state index contributed by atoms with van der Waals surface area (Å²) < 4.78 is 6.65. The average Bonchev–Trinajstić information content (AvgIpc) is 2.95. The third kappa shape index (κ3) is 4.14. The second kappa shape index (κ2) is 8.36. The number of thioether (sulfide) groups is 1. The average molecular weight is 460 g/mol. The number of amides is 1. The lowest BCUT2D eigenvalue weighted by atomic mass is 10.0. The van der Waals surface area contributed by atoms with Crippen molar-refractivity contribution in [2.45, 2.75) is 6.61 Å². The molecule has 1 saturated heterocycles. The molecule has 1 amide bonds. The number of thiocarbonyl (C=S) groups is 1. The Kier molecular flexibility index (Phi) is 5.83. The molecule has 1 aliphatic heterocycles. The normalized spacial score (nSPS) is 15.6. The summed E-state index contributed by atoms with van der Waals surface area (Å²) >= 11 is 18.8. The lowest BCUT2D eigenvalue weighted by Gasteiger charge is -2.13. The lowest BCUT2D eigenvalue weighted by Crippen LogP contribution is -2.22. The van der Waals surface area contributed by atoms with E-state index in [4.69, 9.17) is 40.2 Å². The molecule has 0 aliphatic carbocycles. The number of carbonyl (C=O) groups excluding carboxylic acids is 1. The number of nitrogens with zero attached hydrogens (tertiary/aromatic N) is 1. The highest BCUT2D eigenvalue weighted by Crippen LogP contribution is 2.37. The molecule has 3 nitrogen and oxygen atoms in total. The number of hydrogen-bond acceptors (Lipinski definition) is 4. The van der Waals surface area contributed by atoms with Crippen molar-refractivity contribution >= 4 is 74.3 Å². The Morgan fingerprint density at radius 1 is 1.14 bits per heavy atom. The number of likely N-dealkylation sites (N-methyl/N-ethyl adjacent to an activating group) is 1. The summed E-state index contributed by atoms with van der Waals surface area (Å²) in [6, 6.07) is 17.2. The van der Waals surface area contributed by atoms with E-state index in [2.05, 4.69) is 0 Å². The minimum atomic E-state index is -0.111. The van der Waals surface area contributed by atoms with Gasteiger partial charge in [0.2, 0.25) is 0 Å². The van der Waals surface area contributed by atoms with Crippen LogP contribution < -0.4 is 4.74 Å². The van der Waals surface area contributed by atoms with E-state index in [1.54, 1.807) is 19.2 Å². The fourth-order valence-corrected chi connectivity index (χ4v) is 4.65. The molecule has 1 heterocycles. The molecule has 3 aromatic rings. The highest BCUT2D eigenvalue weighted by atomic mass is 35.5. The van der Waals surface area contributed by atoms with E-state index >= 15 is 0 Å². The maximum Gasteiger partial charge on any atom is 0.265 e. The quantitative estimate of drug-likeness (QED) is 0.326. The zero-order chi connectivity index (χ0) is 20.5. The maximum atomic E-state index is 12.5. The van der Waals surface area contributed by atoms with Crippen LogP contribution in [-0.2, 0) is 11.4 Å². The van der Waals surface area contributed by atoms with Crippen LogP contribution in [0.2, 0.25) is 10.0 Å². The summed E-state index contributed by atoms with van der Waals surface area (Å²) in [5, 5.41) is 3.18. The molecule has 0 N–H and O–H groups in total. The summed E-state index contributed by atoms with van der Waals surface area (Å²) in [6.45, 7) is 0.282. The SMILES string of the molecule is CN1C(=O)C(=Cc2c(OCc3ccc(Cl)cc3Cl)ccc3ccccc23)SC1=S. The van der Waals surface area contributed by atoms with E-state index < -0.39 is 0 Å². The first kappa shape index (κ1) is 20.2. The number of hydrogen-bond donors (Lipinski definition) is 0. The van der Waals surface area contributed by atoms with Gasteiger partial charge in [-0.3, -0.25) is 9.69 Å². The van der Waals surface area contributed by atoms with Gasteiger partial charge in [0.15, 0.2) is 0 Å². The number of carbonyl (C=O) groups is 1. The van der Waals surface area contributed by atoms with Crippen molar-refractivity contribution in [1.82, 2.24) is 4.90 Å². The van der Waals surface area contributed by atoms with Crippen LogP contribution in [0, 0.1) is 0 Å². The third-order valence-electron chi connectivity index (χ3n) is 4.59. The van der Waals surface area contributed by atoms with Crippen LogP contribution >= 0.6 is 47.2 Å². The molecule has 7 heteroatoms. The Hall–Kier alpha value is -2.05. The van der Waals surface area contributed by atoms with Gasteiger partial charge in [0, 0.05) is 28.2 Å². The molecule has 0 radical (unpaired) electrons. The van der Waals surface area contributed by atoms with Crippen LogP contribution in [0.25, 0.3) is 16.8 Å². The van der Waals surface area contributed by atoms with Gasteiger partial charge in [-0.25, -0.2) is 0 Å². The molecular formula is C22H15Cl2NO2S2. The number of halogens is 2. The molecule has 1 fully saturated rings. The Balaban J connectivity index is 1.75. The number of rotatable bonds is 4. The Morgan fingerprint density at radius 2 is 1.93 bits per heavy atom. The van der Waals surface area contributed by atoms with Gasteiger partial charge in [-0.15, -0.1) is 0 Å². The fraction of sp³-hybridized carbons (Fsp3) is 0.0909. The van der Waals surface area contributed by atoms with E-state index in [0.717, 1.165) is 21.9 Å². The molecule has 0 atom stereocenters. The first-order valence-corrected chi connectivity index (χ1v) is 10.7. The highest BCUT2D eigenvalue weighted by Gasteiger charge is 2.29. The van der Waals surface area contributed by atoms with Gasteiger partial charge in [0.1, 0.15) is 16.7 Å². The molecule has 0 unspecified atom stereocenters. The Morgan fingerprint density at radius 3 is 2.66 bits per heavy atom. The molecule has 3 aromatic carbocycles. The Bertz CT molecular complexity index is 1180. The summed E-state index contributed by atoms with van der Waals surface area (Å²) in [4.78, 5) is 14.6. The standard InChI is InChI=1S/C22H15Cl2NO2S2/c1-25-21(26)20(29-22(25)28)11-17-16-5-3-2-4-13(16)7-9-19(17)27-12-14-6-8-15(23)10-18(14)24/h2-11H,12H2,1H3. The summed E-state index contributed by atoms with van der Waals surface area (Å²) in [7, 11) is 1.68. The molecule has 0 bridgehead atoms. The molecule has 4 rings (SSSR count). The zero-order valence-corrected chi connectivity index (χ0v) is 18.5. The molecule has 29 heavy (non-hydrogen) atoms. The molecule has 0 saturated carbocycles. The lowest BCUT2D eigenvalue weighted by molar-refractivity contribution is -0.121. The van der Waals surface area contributed by atoms with E-state index in [0.29, 0.717) is 25.0 Å². The fourth-order valence-electron chi connectivity index (χ4n) is 3.02. The zero-order valence-electron chi connectivity index (χ0n) is 15.3. The first-order valence-electron chi connectivity index (χ1n) is 8.74. The van der Waals surface area contributed by atoms with Crippen molar-refractivity contribution in [1.29, 1.82) is 0 Å². The van der Waals surface area contributed by atoms with Gasteiger partial charge in [-0.1, -0.05) is 83.6 Å². The van der Waals surface area contributed by atoms with Gasteiger partial charge in [-0.05, 0) is 35.0 Å². The largest absolute Gasteiger partial charge is 0.488 e. The summed E-state index contributed by atoms with van der Waals surface area (Å²) in [5.74, 6) is 0.552. The molecule has 0 spiro atoms. The third-order valence-corrected chi connectivity index (χ3v) is 6.66. The van der Waals surface area contributed by atoms with Gasteiger partial charge < -0.3 is 4.74 Å². The van der Waals surface area contributed by atoms with Crippen LogP contribution in [0.15, 0.2) is 59.5 Å². The van der Waals surface area contributed by atoms with Gasteiger partial charge >= 0.3 is 0 Å². The minimum absolute atomic E-state index is 0.111. The van der Waals surface area contributed by atoms with Crippen molar-refractivity contribution in [3.8, 4) is 5.75 Å². The maximum absolute atomic E-state index is 12.5. The van der Waals surface area contributed by atoms with Crippen LogP contribution in [0.4, 0.5) is 0 Å². The number of ether oxygens (including phenoxy) is 1. The monoisotopic (exact) mass is 459 g/mol. The van der Waals surface area contributed by atoms with Crippen molar-refractivity contribution in [3.63, 3.8) is 0 Å².